The minimum absolute atomic E-state index is 0.0231. The van der Waals surface area contributed by atoms with Crippen molar-refractivity contribution in [2.75, 3.05) is 21.0 Å². The maximum Gasteiger partial charge on any atom is 0.289 e. The molecule has 168 valence electrons. The first-order valence-electron chi connectivity index (χ1n) is 9.51. The number of fused-ring (bicyclic) bond motifs is 1. The third-order valence-electron chi connectivity index (χ3n) is 5.03. The quantitative estimate of drug-likeness (QED) is 0.474. The molecule has 1 amide bonds. The third-order valence-corrected chi connectivity index (χ3v) is 5.82. The maximum absolute atomic E-state index is 13.0. The van der Waals surface area contributed by atoms with Crippen molar-refractivity contribution >= 4 is 33.8 Å². The number of hydrazone groups is 1. The van der Waals surface area contributed by atoms with Crippen LogP contribution in [0.5, 0.6) is 23.0 Å². The van der Waals surface area contributed by atoms with E-state index in [9.17, 15) is 9.18 Å². The summed E-state index contributed by atoms with van der Waals surface area (Å²) in [6, 6.07) is 5.68. The molecule has 0 spiro atoms. The average molecular weight is 508 g/mol. The van der Waals surface area contributed by atoms with E-state index in [1.54, 1.807) is 6.92 Å². The minimum atomic E-state index is -0.662. The Hall–Kier alpha value is -3.34. The summed E-state index contributed by atoms with van der Waals surface area (Å²) in [5.74, 6) is 0.289. The number of nitrogens with zero attached hydrogens (tertiary/aromatic N) is 2. The molecule has 0 bridgehead atoms. The van der Waals surface area contributed by atoms with Crippen LogP contribution in [0.3, 0.4) is 0 Å². The van der Waals surface area contributed by atoms with Gasteiger partial charge in [0.1, 0.15) is 5.82 Å². The number of amides is 1. The summed E-state index contributed by atoms with van der Waals surface area (Å²) in [4.78, 5) is 18.2. The second kappa shape index (κ2) is 9.03. The van der Waals surface area contributed by atoms with Gasteiger partial charge in [0.05, 0.1) is 36.4 Å². The fourth-order valence-electron chi connectivity index (χ4n) is 3.45. The Balaban J connectivity index is 1.55. The second-order valence-electron chi connectivity index (χ2n) is 6.90. The van der Waals surface area contributed by atoms with Gasteiger partial charge in [0.15, 0.2) is 23.3 Å². The van der Waals surface area contributed by atoms with Crippen molar-refractivity contribution in [3.8, 4) is 23.0 Å². The van der Waals surface area contributed by atoms with E-state index in [1.165, 1.54) is 44.7 Å². The van der Waals surface area contributed by atoms with Crippen molar-refractivity contribution in [3.63, 3.8) is 0 Å². The minimum Gasteiger partial charge on any atom is -0.492 e. The molecule has 2 atom stereocenters. The van der Waals surface area contributed by atoms with Gasteiger partial charge >= 0.3 is 0 Å². The molecule has 0 unspecified atom stereocenters. The van der Waals surface area contributed by atoms with E-state index < -0.39 is 17.9 Å². The lowest BCUT2D eigenvalue weighted by atomic mass is 9.92. The Morgan fingerprint density at radius 3 is 2.53 bits per heavy atom. The SMILES string of the molecule is COc1c(Br)c([C@@H]2ON=C(C(=O)N/N=C\c3ccc(F)cc3)[C@@H]2C)c(OC)c2c1OCO2. The summed E-state index contributed by atoms with van der Waals surface area (Å²) in [6.45, 7) is 1.82. The Morgan fingerprint density at radius 1 is 1.22 bits per heavy atom. The van der Waals surface area contributed by atoms with Gasteiger partial charge in [0, 0.05) is 0 Å². The number of hydrogen-bond acceptors (Lipinski definition) is 8. The van der Waals surface area contributed by atoms with Gasteiger partial charge in [-0.05, 0) is 33.6 Å². The molecule has 32 heavy (non-hydrogen) atoms. The molecule has 0 aliphatic carbocycles. The molecule has 0 radical (unpaired) electrons. The molecule has 11 heteroatoms. The van der Waals surface area contributed by atoms with Gasteiger partial charge in [-0.1, -0.05) is 24.2 Å². The zero-order valence-corrected chi connectivity index (χ0v) is 18.9. The molecular formula is C21H19BrFN3O6. The summed E-state index contributed by atoms with van der Waals surface area (Å²) < 4.78 is 35.7. The van der Waals surface area contributed by atoms with Crippen LogP contribution in [0.25, 0.3) is 0 Å². The van der Waals surface area contributed by atoms with Crippen molar-refractivity contribution in [2.45, 2.75) is 13.0 Å². The van der Waals surface area contributed by atoms with Gasteiger partial charge in [0.25, 0.3) is 5.91 Å². The standard InChI is InChI=1S/C21H19BrFN3O6/c1-10-15(21(27)25-24-8-11-4-6-12(23)7-5-11)26-32-16(10)13-14(22)18(29-3)20-19(17(13)28-2)30-9-31-20/h4-8,10,16H,9H2,1-3H3,(H,25,27)/b24-8-/t10-,16+/m0/s1. The van der Waals surface area contributed by atoms with Crippen LogP contribution in [0, 0.1) is 11.7 Å². The Bertz CT molecular complexity index is 1110. The zero-order chi connectivity index (χ0) is 22.8. The smallest absolute Gasteiger partial charge is 0.289 e. The van der Waals surface area contributed by atoms with E-state index in [1.807, 2.05) is 0 Å². The number of nitrogens with one attached hydrogen (secondary N) is 1. The van der Waals surface area contributed by atoms with Gasteiger partial charge in [-0.2, -0.15) is 5.10 Å². The van der Waals surface area contributed by atoms with Crippen LogP contribution in [-0.4, -0.2) is 38.8 Å². The predicted molar refractivity (Wildman–Crippen MR) is 116 cm³/mol. The zero-order valence-electron chi connectivity index (χ0n) is 17.3. The number of benzene rings is 2. The van der Waals surface area contributed by atoms with Gasteiger partial charge in [-0.3, -0.25) is 4.79 Å². The van der Waals surface area contributed by atoms with Crippen LogP contribution >= 0.6 is 15.9 Å². The van der Waals surface area contributed by atoms with E-state index in [2.05, 4.69) is 31.6 Å². The number of ether oxygens (including phenoxy) is 4. The number of oxime groups is 1. The van der Waals surface area contributed by atoms with Gasteiger partial charge in [-0.25, -0.2) is 9.82 Å². The highest BCUT2D eigenvalue weighted by Crippen LogP contribution is 2.57. The third kappa shape index (κ3) is 3.83. The van der Waals surface area contributed by atoms with Gasteiger partial charge in [0.2, 0.25) is 18.3 Å². The number of carbonyl (C=O) groups is 1. The molecule has 2 aromatic rings. The van der Waals surface area contributed by atoms with Crippen LogP contribution in [0.1, 0.15) is 24.2 Å². The van der Waals surface area contributed by atoms with Crippen LogP contribution in [-0.2, 0) is 9.63 Å². The molecule has 0 saturated carbocycles. The highest BCUT2D eigenvalue weighted by Gasteiger charge is 2.42. The number of methoxy groups -OCH3 is 2. The first-order chi connectivity index (χ1) is 15.5. The molecule has 2 aromatic carbocycles. The van der Waals surface area contributed by atoms with E-state index >= 15 is 0 Å². The fourth-order valence-corrected chi connectivity index (χ4v) is 4.20. The van der Waals surface area contributed by atoms with E-state index in [0.717, 1.165) is 0 Å². The highest BCUT2D eigenvalue weighted by molar-refractivity contribution is 9.10. The molecule has 0 saturated heterocycles. The molecule has 2 aliphatic rings. The first kappa shape index (κ1) is 21.9. The molecule has 4 rings (SSSR count). The average Bonchev–Trinajstić information content (AvgIpc) is 3.41. The van der Waals surface area contributed by atoms with E-state index in [-0.39, 0.29) is 18.3 Å². The fraction of sp³-hybridized carbons (Fsp3) is 0.286. The molecule has 2 heterocycles. The van der Waals surface area contributed by atoms with Crippen molar-refractivity contribution < 1.29 is 33.0 Å². The summed E-state index contributed by atoms with van der Waals surface area (Å²) in [5, 5.41) is 7.87. The lowest BCUT2D eigenvalue weighted by Gasteiger charge is -2.21. The highest BCUT2D eigenvalue weighted by atomic mass is 79.9. The first-order valence-corrected chi connectivity index (χ1v) is 10.3. The topological polar surface area (TPSA) is 100.0 Å². The summed E-state index contributed by atoms with van der Waals surface area (Å²) in [7, 11) is 3.00. The number of hydrogen-bond donors (Lipinski definition) is 1. The molecule has 1 N–H and O–H groups in total. The molecule has 9 nitrogen and oxygen atoms in total. The van der Waals surface area contributed by atoms with Crippen molar-refractivity contribution in [1.82, 2.24) is 5.43 Å². The second-order valence-corrected chi connectivity index (χ2v) is 7.69. The van der Waals surface area contributed by atoms with Crippen LogP contribution in [0.15, 0.2) is 39.0 Å². The molecular weight excluding hydrogens is 489 g/mol. The van der Waals surface area contributed by atoms with Crippen LogP contribution in [0.4, 0.5) is 4.39 Å². The Labute approximate surface area is 191 Å². The Morgan fingerprint density at radius 2 is 1.88 bits per heavy atom. The van der Waals surface area contributed by atoms with Gasteiger partial charge in [-0.15, -0.1) is 0 Å². The number of halogens is 2. The van der Waals surface area contributed by atoms with Crippen LogP contribution < -0.4 is 24.4 Å². The van der Waals surface area contributed by atoms with E-state index in [4.69, 9.17) is 23.8 Å². The number of carbonyl (C=O) groups excluding carboxylic acids is 1. The maximum atomic E-state index is 13.0. The monoisotopic (exact) mass is 507 g/mol. The lowest BCUT2D eigenvalue weighted by molar-refractivity contribution is -0.115. The molecule has 0 aromatic heterocycles. The van der Waals surface area contributed by atoms with Gasteiger partial charge < -0.3 is 23.8 Å². The molecule has 0 fully saturated rings. The summed E-state index contributed by atoms with van der Waals surface area (Å²) in [5.41, 5.74) is 3.76. The largest absolute Gasteiger partial charge is 0.492 e. The normalized spacial score (nSPS) is 19.0. The van der Waals surface area contributed by atoms with Crippen molar-refractivity contribution in [2.24, 2.45) is 16.2 Å². The summed E-state index contributed by atoms with van der Waals surface area (Å²) in [6.07, 6.45) is 0.739. The number of rotatable bonds is 6. The van der Waals surface area contributed by atoms with Crippen molar-refractivity contribution in [1.29, 1.82) is 0 Å². The lowest BCUT2D eigenvalue weighted by Crippen LogP contribution is -2.31. The summed E-state index contributed by atoms with van der Waals surface area (Å²) >= 11 is 3.53. The Kier molecular flexibility index (Phi) is 6.17. The van der Waals surface area contributed by atoms with Crippen LogP contribution in [0.2, 0.25) is 0 Å². The molecule has 2 aliphatic heterocycles. The van der Waals surface area contributed by atoms with E-state index in [0.29, 0.717) is 38.6 Å². The van der Waals surface area contributed by atoms with Crippen molar-refractivity contribution in [3.05, 3.63) is 45.7 Å². The predicted octanol–water partition coefficient (Wildman–Crippen LogP) is 3.55.